The molecule has 0 radical (unpaired) electrons. The molecule has 0 unspecified atom stereocenters. The molecule has 7 heavy (non-hydrogen) atoms. The van der Waals surface area contributed by atoms with Crippen molar-refractivity contribution in [1.82, 2.24) is 0 Å². The molecule has 0 aliphatic rings. The fourth-order valence-corrected chi connectivity index (χ4v) is 0. The standard InChI is InChI=1S/Al.6FH/h;6*1H/q+3;;;;;;/p-6. The van der Waals surface area contributed by atoms with Crippen molar-refractivity contribution in [3.05, 3.63) is 0 Å². The van der Waals surface area contributed by atoms with Crippen molar-refractivity contribution in [2.24, 2.45) is 0 Å². The molecule has 0 fully saturated rings. The Morgan fingerprint density at radius 3 is 0.571 bits per heavy atom. The maximum atomic E-state index is 9.90. The van der Waals surface area contributed by atoms with Crippen LogP contribution in [0, 0.1) is 0 Å². The van der Waals surface area contributed by atoms with Gasteiger partial charge < -0.3 is 0 Å². The first-order chi connectivity index (χ1) is 2.45. The van der Waals surface area contributed by atoms with Crippen molar-refractivity contribution in [2.45, 2.75) is 0 Å². The zero-order valence-electron chi connectivity index (χ0n) is 2.85. The van der Waals surface area contributed by atoms with Crippen molar-refractivity contribution in [3.63, 3.8) is 0 Å². The minimum atomic E-state index is -11.0. The molecule has 7 heteroatoms. The second kappa shape index (κ2) is 0.700. The van der Waals surface area contributed by atoms with Crippen LogP contribution in [0.1, 0.15) is 0 Å². The Balaban J connectivity index is 4.43. The molecule has 0 saturated heterocycles. The van der Waals surface area contributed by atoms with Crippen LogP contribution in [0.25, 0.3) is 0 Å². The Morgan fingerprint density at radius 2 is 0.571 bits per heavy atom. The average Bonchev–Trinajstić information content (AvgIpc) is 0.592. The predicted molar refractivity (Wildman–Crippen MR) is 12.4 cm³/mol. The molecular weight excluding hydrogens is 141 g/mol. The minimum absolute atomic E-state index is 9.90. The van der Waals surface area contributed by atoms with Gasteiger partial charge in [0.1, 0.15) is 0 Å². The van der Waals surface area contributed by atoms with E-state index in [1.165, 1.54) is 0 Å². The molecule has 0 heterocycles. The van der Waals surface area contributed by atoms with Crippen LogP contribution in [0.5, 0.6) is 0 Å². The number of hydrogen-bond acceptors (Lipinski definition) is 0. The summed E-state index contributed by atoms with van der Waals surface area (Å²) in [5, 5.41) is 0. The first-order valence-corrected chi connectivity index (χ1v) is 3.93. The molecule has 0 atom stereocenters. The summed E-state index contributed by atoms with van der Waals surface area (Å²) in [6, 6.07) is 0. The average molecular weight is 141 g/mol. The molecular formula is AlF6-3. The zero-order valence-corrected chi connectivity index (χ0v) is 4.00. The number of halogens is 6. The summed E-state index contributed by atoms with van der Waals surface area (Å²) in [5.41, 5.74) is 0. The fourth-order valence-electron chi connectivity index (χ4n) is 0. The van der Waals surface area contributed by atoms with Crippen LogP contribution in [0.3, 0.4) is 0 Å². The van der Waals surface area contributed by atoms with E-state index < -0.39 is 13.7 Å². The van der Waals surface area contributed by atoms with Gasteiger partial charge in [0.2, 0.25) is 0 Å². The molecule has 0 aromatic rings. The summed E-state index contributed by atoms with van der Waals surface area (Å²) >= 11 is -11.0. The molecule has 0 aliphatic heterocycles. The molecule has 48 valence electrons. The third-order valence-corrected chi connectivity index (χ3v) is 0. The van der Waals surface area contributed by atoms with Crippen molar-refractivity contribution in [3.8, 4) is 0 Å². The second-order valence-corrected chi connectivity index (χ2v) is 3.71. The third-order valence-electron chi connectivity index (χ3n) is 0. The Labute approximate surface area is 35.9 Å². The Bertz CT molecular complexity index is 62.7. The van der Waals surface area contributed by atoms with E-state index in [4.69, 9.17) is 0 Å². The molecule has 0 nitrogen and oxygen atoms in total. The Morgan fingerprint density at radius 1 is 0.571 bits per heavy atom. The SMILES string of the molecule is [F][Al-3]([F])([F])([F])([F])[F]. The maximum absolute atomic E-state index is 11.0. The summed E-state index contributed by atoms with van der Waals surface area (Å²) in [5.74, 6) is 0. The van der Waals surface area contributed by atoms with E-state index in [9.17, 15) is 21.1 Å². The van der Waals surface area contributed by atoms with Crippen LogP contribution in [0.4, 0.5) is 21.1 Å². The molecule has 0 aliphatic carbocycles. The van der Waals surface area contributed by atoms with Crippen molar-refractivity contribution in [2.75, 3.05) is 0 Å². The van der Waals surface area contributed by atoms with Crippen molar-refractivity contribution >= 4 is 13.7 Å². The van der Waals surface area contributed by atoms with E-state index in [1.54, 1.807) is 0 Å². The van der Waals surface area contributed by atoms with E-state index in [0.717, 1.165) is 0 Å². The molecule has 0 amide bonds. The van der Waals surface area contributed by atoms with Gasteiger partial charge in [-0.25, -0.2) is 0 Å². The van der Waals surface area contributed by atoms with E-state index in [0.29, 0.717) is 0 Å². The van der Waals surface area contributed by atoms with Crippen molar-refractivity contribution < 1.29 is 21.1 Å². The quantitative estimate of drug-likeness (QED) is 0.358. The summed E-state index contributed by atoms with van der Waals surface area (Å²) in [6.45, 7) is 0. The molecule has 0 bridgehead atoms. The molecule has 0 rings (SSSR count). The molecule has 0 aromatic heterocycles. The third kappa shape index (κ3) is 8170. The van der Waals surface area contributed by atoms with Gasteiger partial charge in [0.05, 0.1) is 0 Å². The van der Waals surface area contributed by atoms with Crippen LogP contribution in [-0.4, -0.2) is 13.7 Å². The van der Waals surface area contributed by atoms with E-state index in [1.807, 2.05) is 0 Å². The van der Waals surface area contributed by atoms with Crippen molar-refractivity contribution in [1.29, 1.82) is 0 Å². The second-order valence-electron chi connectivity index (χ2n) is 1.24. The molecule has 0 aromatic carbocycles. The van der Waals surface area contributed by atoms with Gasteiger partial charge in [-0.2, -0.15) is 0 Å². The zero-order chi connectivity index (χ0) is 6.41. The van der Waals surface area contributed by atoms with E-state index >= 15 is 0 Å². The van der Waals surface area contributed by atoms with Crippen LogP contribution in [0.15, 0.2) is 0 Å². The van der Waals surface area contributed by atoms with Gasteiger partial charge in [0, 0.05) is 0 Å². The van der Waals surface area contributed by atoms with Crippen LogP contribution in [0.2, 0.25) is 0 Å². The number of rotatable bonds is 0. The monoisotopic (exact) mass is 141 g/mol. The Kier molecular flexibility index (Phi) is 0.711. The summed E-state index contributed by atoms with van der Waals surface area (Å²) in [7, 11) is 0. The van der Waals surface area contributed by atoms with Crippen LogP contribution < -0.4 is 0 Å². The molecule has 0 spiro atoms. The summed E-state index contributed by atoms with van der Waals surface area (Å²) in [4.78, 5) is 0. The van der Waals surface area contributed by atoms with Crippen LogP contribution >= 0.6 is 0 Å². The van der Waals surface area contributed by atoms with Gasteiger partial charge in [0.25, 0.3) is 0 Å². The van der Waals surface area contributed by atoms with Gasteiger partial charge in [0.15, 0.2) is 0 Å². The fraction of sp³-hybridized carbons (Fsp3) is 0. The number of hydrogen-bond donors (Lipinski definition) is 0. The Hall–Kier alpha value is 0.112. The van der Waals surface area contributed by atoms with Gasteiger partial charge in [-0.15, -0.1) is 0 Å². The van der Waals surface area contributed by atoms with Crippen LogP contribution in [-0.2, 0) is 0 Å². The molecule has 0 N–H and O–H groups in total. The predicted octanol–water partition coefficient (Wildman–Crippen LogP) is 2.14. The van der Waals surface area contributed by atoms with Gasteiger partial charge >= 0.3 is 34.8 Å². The normalized spacial score (nSPS) is 23.1. The molecule has 0 saturated carbocycles. The van der Waals surface area contributed by atoms with Gasteiger partial charge in [-0.05, 0) is 0 Å². The topological polar surface area (TPSA) is 0 Å². The summed E-state index contributed by atoms with van der Waals surface area (Å²) in [6.07, 6.45) is 0. The van der Waals surface area contributed by atoms with Gasteiger partial charge in [-0.3, -0.25) is 0 Å². The summed E-state index contributed by atoms with van der Waals surface area (Å²) < 4.78 is 59.4. The first-order valence-electron chi connectivity index (χ1n) is 1.31. The first kappa shape index (κ1) is 7.11. The van der Waals surface area contributed by atoms with E-state index in [-0.39, 0.29) is 0 Å². The van der Waals surface area contributed by atoms with E-state index in [2.05, 4.69) is 0 Å². The van der Waals surface area contributed by atoms with Gasteiger partial charge in [-0.1, -0.05) is 0 Å².